The number of hydrogen-bond donors (Lipinski definition) is 1. The van der Waals surface area contributed by atoms with Gasteiger partial charge in [0.25, 0.3) is 0 Å². The Bertz CT molecular complexity index is 486. The molecule has 2 rings (SSSR count). The number of amides is 1. The molecule has 1 fully saturated rings. The first-order valence-corrected chi connectivity index (χ1v) is 7.33. The lowest BCUT2D eigenvalue weighted by atomic mass is 10.2. The van der Waals surface area contributed by atoms with Crippen molar-refractivity contribution in [3.8, 4) is 0 Å². The second-order valence-electron chi connectivity index (χ2n) is 5.03. The number of ether oxygens (including phenoxy) is 1. The highest BCUT2D eigenvalue weighted by atomic mass is 35.5. The van der Waals surface area contributed by atoms with Crippen molar-refractivity contribution in [3.05, 3.63) is 28.2 Å². The van der Waals surface area contributed by atoms with E-state index in [4.69, 9.17) is 27.9 Å². The molecule has 110 valence electrons. The third kappa shape index (κ3) is 4.01. The van der Waals surface area contributed by atoms with Gasteiger partial charge in [0.2, 0.25) is 5.91 Å². The van der Waals surface area contributed by atoms with Gasteiger partial charge in [-0.2, -0.15) is 0 Å². The Kier molecular flexibility index (Phi) is 5.13. The van der Waals surface area contributed by atoms with E-state index in [-0.39, 0.29) is 24.7 Å². The van der Waals surface area contributed by atoms with Gasteiger partial charge in [0, 0.05) is 18.1 Å². The van der Waals surface area contributed by atoms with Crippen molar-refractivity contribution in [2.24, 2.45) is 0 Å². The molecule has 1 saturated heterocycles. The molecule has 0 radical (unpaired) electrons. The van der Waals surface area contributed by atoms with Crippen LogP contribution in [0, 0.1) is 0 Å². The van der Waals surface area contributed by atoms with E-state index in [0.717, 1.165) is 0 Å². The van der Waals surface area contributed by atoms with Crippen LogP contribution in [0.2, 0.25) is 10.0 Å². The summed E-state index contributed by atoms with van der Waals surface area (Å²) in [6.07, 6.45) is 0.134. The summed E-state index contributed by atoms with van der Waals surface area (Å²) in [6, 6.07) is 5.12. The number of rotatable bonds is 3. The number of morpholine rings is 1. The van der Waals surface area contributed by atoms with Gasteiger partial charge in [-0.05, 0) is 32.0 Å². The second-order valence-corrected chi connectivity index (χ2v) is 5.88. The Hall–Kier alpha value is -0.970. The topological polar surface area (TPSA) is 41.6 Å². The van der Waals surface area contributed by atoms with E-state index in [1.54, 1.807) is 18.2 Å². The Morgan fingerprint density at radius 1 is 1.35 bits per heavy atom. The number of nitrogens with zero attached hydrogens (tertiary/aromatic N) is 1. The molecule has 1 aromatic carbocycles. The summed E-state index contributed by atoms with van der Waals surface area (Å²) in [6.45, 7) is 5.37. The molecule has 1 aromatic rings. The number of anilines is 1. The summed E-state index contributed by atoms with van der Waals surface area (Å²) >= 11 is 12.0. The molecule has 0 spiro atoms. The SMILES string of the molecule is C[C@H]1CN(C(=O)CNc2cc(Cl)ccc2Cl)C[C@H](C)O1. The Morgan fingerprint density at radius 3 is 2.65 bits per heavy atom. The van der Waals surface area contributed by atoms with Crippen LogP contribution in [-0.2, 0) is 9.53 Å². The average Bonchev–Trinajstić information content (AvgIpc) is 2.38. The molecule has 0 aromatic heterocycles. The standard InChI is InChI=1S/C14H18Cl2N2O2/c1-9-7-18(8-10(2)20-9)14(19)6-17-13-5-11(15)3-4-12(13)16/h3-5,9-10,17H,6-8H2,1-2H3/t9-,10-/m0/s1. The van der Waals surface area contributed by atoms with E-state index in [1.807, 2.05) is 18.7 Å². The van der Waals surface area contributed by atoms with Crippen LogP contribution in [0.1, 0.15) is 13.8 Å². The number of carbonyl (C=O) groups excluding carboxylic acids is 1. The molecule has 1 N–H and O–H groups in total. The largest absolute Gasteiger partial charge is 0.375 e. The van der Waals surface area contributed by atoms with Gasteiger partial charge in [-0.3, -0.25) is 4.79 Å². The van der Waals surface area contributed by atoms with E-state index >= 15 is 0 Å². The van der Waals surface area contributed by atoms with Gasteiger partial charge in [-0.1, -0.05) is 23.2 Å². The van der Waals surface area contributed by atoms with Crippen molar-refractivity contribution in [2.45, 2.75) is 26.1 Å². The van der Waals surface area contributed by atoms with Crippen LogP contribution in [0.5, 0.6) is 0 Å². The normalized spacial score (nSPS) is 22.7. The highest BCUT2D eigenvalue weighted by Crippen LogP contribution is 2.25. The molecular weight excluding hydrogens is 299 g/mol. The predicted molar refractivity (Wildman–Crippen MR) is 81.5 cm³/mol. The number of benzene rings is 1. The minimum absolute atomic E-state index is 0.0306. The smallest absolute Gasteiger partial charge is 0.242 e. The molecule has 1 aliphatic rings. The molecule has 6 heteroatoms. The minimum Gasteiger partial charge on any atom is -0.375 e. The average molecular weight is 317 g/mol. The first-order chi connectivity index (χ1) is 9.45. The van der Waals surface area contributed by atoms with Crippen molar-refractivity contribution < 1.29 is 9.53 Å². The molecule has 4 nitrogen and oxygen atoms in total. The zero-order valence-electron chi connectivity index (χ0n) is 11.5. The quantitative estimate of drug-likeness (QED) is 0.932. The molecule has 0 bridgehead atoms. The monoisotopic (exact) mass is 316 g/mol. The fraction of sp³-hybridized carbons (Fsp3) is 0.500. The van der Waals surface area contributed by atoms with Gasteiger partial charge in [-0.25, -0.2) is 0 Å². The van der Waals surface area contributed by atoms with Gasteiger partial charge >= 0.3 is 0 Å². The van der Waals surface area contributed by atoms with E-state index in [9.17, 15) is 4.79 Å². The number of halogens is 2. The summed E-state index contributed by atoms with van der Waals surface area (Å²) in [7, 11) is 0. The van der Waals surface area contributed by atoms with Crippen LogP contribution in [-0.4, -0.2) is 42.6 Å². The number of nitrogens with one attached hydrogen (secondary N) is 1. The molecule has 0 saturated carbocycles. The molecular formula is C14H18Cl2N2O2. The van der Waals surface area contributed by atoms with Gasteiger partial charge in [0.1, 0.15) is 0 Å². The first-order valence-electron chi connectivity index (χ1n) is 6.58. The van der Waals surface area contributed by atoms with Gasteiger partial charge in [0.05, 0.1) is 29.5 Å². The van der Waals surface area contributed by atoms with Crippen molar-refractivity contribution in [1.82, 2.24) is 4.90 Å². The summed E-state index contributed by atoms with van der Waals surface area (Å²) in [5.41, 5.74) is 0.668. The summed E-state index contributed by atoms with van der Waals surface area (Å²) < 4.78 is 5.61. The summed E-state index contributed by atoms with van der Waals surface area (Å²) in [5.74, 6) is 0.0306. The molecule has 0 unspecified atom stereocenters. The van der Waals surface area contributed by atoms with Gasteiger partial charge < -0.3 is 15.0 Å². The lowest BCUT2D eigenvalue weighted by molar-refractivity contribution is -0.141. The summed E-state index contributed by atoms with van der Waals surface area (Å²) in [5, 5.41) is 4.16. The van der Waals surface area contributed by atoms with Crippen molar-refractivity contribution >= 4 is 34.8 Å². The van der Waals surface area contributed by atoms with E-state index in [1.165, 1.54) is 0 Å². The molecule has 1 amide bonds. The van der Waals surface area contributed by atoms with Gasteiger partial charge in [-0.15, -0.1) is 0 Å². The highest BCUT2D eigenvalue weighted by Gasteiger charge is 2.25. The zero-order valence-corrected chi connectivity index (χ0v) is 13.0. The minimum atomic E-state index is 0.0306. The summed E-state index contributed by atoms with van der Waals surface area (Å²) in [4.78, 5) is 14.0. The van der Waals surface area contributed by atoms with Crippen molar-refractivity contribution in [2.75, 3.05) is 25.0 Å². The van der Waals surface area contributed by atoms with Crippen LogP contribution < -0.4 is 5.32 Å². The highest BCUT2D eigenvalue weighted by molar-refractivity contribution is 6.35. The van der Waals surface area contributed by atoms with Crippen LogP contribution in [0.15, 0.2) is 18.2 Å². The first kappa shape index (κ1) is 15.4. The van der Waals surface area contributed by atoms with Crippen LogP contribution in [0.3, 0.4) is 0 Å². The lowest BCUT2D eigenvalue weighted by Crippen LogP contribution is -2.49. The molecule has 1 aliphatic heterocycles. The number of hydrogen-bond acceptors (Lipinski definition) is 3. The molecule has 0 aliphatic carbocycles. The maximum atomic E-state index is 12.2. The fourth-order valence-electron chi connectivity index (χ4n) is 2.30. The fourth-order valence-corrected chi connectivity index (χ4v) is 2.65. The zero-order chi connectivity index (χ0) is 14.7. The van der Waals surface area contributed by atoms with Crippen molar-refractivity contribution in [3.63, 3.8) is 0 Å². The lowest BCUT2D eigenvalue weighted by Gasteiger charge is -2.35. The van der Waals surface area contributed by atoms with Crippen LogP contribution in [0.25, 0.3) is 0 Å². The maximum Gasteiger partial charge on any atom is 0.242 e. The predicted octanol–water partition coefficient (Wildman–Crippen LogP) is 3.04. The molecule has 20 heavy (non-hydrogen) atoms. The van der Waals surface area contributed by atoms with E-state index in [0.29, 0.717) is 28.8 Å². The number of carbonyl (C=O) groups is 1. The van der Waals surface area contributed by atoms with E-state index in [2.05, 4.69) is 5.32 Å². The Labute approximate surface area is 129 Å². The maximum absolute atomic E-state index is 12.2. The Morgan fingerprint density at radius 2 is 2.00 bits per heavy atom. The van der Waals surface area contributed by atoms with Crippen LogP contribution in [0.4, 0.5) is 5.69 Å². The van der Waals surface area contributed by atoms with E-state index < -0.39 is 0 Å². The third-order valence-corrected chi connectivity index (χ3v) is 3.70. The van der Waals surface area contributed by atoms with Crippen LogP contribution >= 0.6 is 23.2 Å². The van der Waals surface area contributed by atoms with Crippen molar-refractivity contribution in [1.29, 1.82) is 0 Å². The third-order valence-electron chi connectivity index (χ3n) is 3.13. The molecule has 2 atom stereocenters. The molecule has 1 heterocycles. The Balaban J connectivity index is 1.93. The second kappa shape index (κ2) is 6.66. The van der Waals surface area contributed by atoms with Gasteiger partial charge in [0.15, 0.2) is 0 Å².